The molecule has 0 aromatic heterocycles. The molecule has 1 heterocycles. The van der Waals surface area contributed by atoms with Crippen LogP contribution in [-0.2, 0) is 33.2 Å². The number of likely N-dealkylation sites (tertiary alicyclic amines) is 1. The number of carbonyl (C=O) groups is 2. The first-order valence-corrected chi connectivity index (χ1v) is 16.3. The van der Waals surface area contributed by atoms with Gasteiger partial charge >= 0.3 is 11.9 Å². The Bertz CT molecular complexity index is 1360. The Kier molecular flexibility index (Phi) is 7.69. The van der Waals surface area contributed by atoms with Gasteiger partial charge in [-0.2, -0.15) is 0 Å². The van der Waals surface area contributed by atoms with Gasteiger partial charge in [0.05, 0.1) is 24.4 Å². The van der Waals surface area contributed by atoms with E-state index in [0.717, 1.165) is 0 Å². The fourth-order valence-electron chi connectivity index (χ4n) is 12.2. The van der Waals surface area contributed by atoms with Gasteiger partial charge in [0.25, 0.3) is 0 Å². The predicted molar refractivity (Wildman–Crippen MR) is 160 cm³/mol. The number of rotatable bonds is 9. The zero-order chi connectivity index (χ0) is 33.0. The maximum Gasteiger partial charge on any atom is 0.338 e. The number of piperidine rings is 1. The number of hydrogen-bond donors (Lipinski definition) is 3. The molecule has 1 spiro atoms. The smallest absolute Gasteiger partial charge is 0.338 e. The lowest BCUT2D eigenvalue weighted by atomic mass is 9.42. The minimum absolute atomic E-state index is 0.0805. The van der Waals surface area contributed by atoms with Crippen molar-refractivity contribution in [2.45, 2.75) is 80.6 Å². The molecule has 6 fully saturated rings. The van der Waals surface area contributed by atoms with Gasteiger partial charge in [-0.3, -0.25) is 9.69 Å². The number of nitrogens with zero attached hydrogens (tertiary/aromatic N) is 1. The normalized spacial score (nSPS) is 49.9. The zero-order valence-electron chi connectivity index (χ0n) is 27.3. The molecular formula is C34H47NO11. The van der Waals surface area contributed by atoms with Gasteiger partial charge in [0.15, 0.2) is 0 Å². The number of ether oxygens (including phenoxy) is 6. The van der Waals surface area contributed by atoms with Crippen molar-refractivity contribution in [3.63, 3.8) is 0 Å². The summed E-state index contributed by atoms with van der Waals surface area (Å²) in [5.74, 6) is -3.51. The standard InChI is InChI=1S/C34H47NO11/c1-7-35-15-31(16-41-3)20(45-17(2)36)13-21(42-4)33-19-14-32(39)28(46-30(38)18-11-9-8-10-12-18)22(19)34(40,27(37)29(32)44-6)23(26(33)35)24(43-5)25(31)33/h8-12,19-29,37,39-40H,7,13-16H2,1-6H3. The van der Waals surface area contributed by atoms with E-state index in [1.165, 1.54) is 14.0 Å². The van der Waals surface area contributed by atoms with E-state index >= 15 is 0 Å². The second-order valence-electron chi connectivity index (χ2n) is 14.4. The predicted octanol–water partition coefficient (Wildman–Crippen LogP) is 0.648. The summed E-state index contributed by atoms with van der Waals surface area (Å²) in [5, 5.41) is 38.1. The van der Waals surface area contributed by atoms with Crippen LogP contribution >= 0.6 is 0 Å². The van der Waals surface area contributed by atoms with E-state index in [2.05, 4.69) is 4.90 Å². The molecule has 5 saturated carbocycles. The Hall–Kier alpha value is -2.16. The lowest BCUT2D eigenvalue weighted by Crippen LogP contribution is -2.81. The highest BCUT2D eigenvalue weighted by atomic mass is 16.6. The SMILES string of the molecule is CCN1CC2(COC)C(OC(C)=O)CC(OC)C34C5CC6(O)C(OC)C(O)C(O)(C5C6OC(=O)c5ccccc5)C(C(OC)C23)C14. The average molecular weight is 646 g/mol. The summed E-state index contributed by atoms with van der Waals surface area (Å²) < 4.78 is 37.0. The summed E-state index contributed by atoms with van der Waals surface area (Å²) in [6.45, 7) is 4.79. The van der Waals surface area contributed by atoms with Crippen LogP contribution in [0.2, 0.25) is 0 Å². The highest BCUT2D eigenvalue weighted by Crippen LogP contribution is 2.80. The molecule has 46 heavy (non-hydrogen) atoms. The van der Waals surface area contributed by atoms with Gasteiger partial charge < -0.3 is 43.7 Å². The summed E-state index contributed by atoms with van der Waals surface area (Å²) in [6, 6.07) is 8.19. The van der Waals surface area contributed by atoms with Gasteiger partial charge in [-0.25, -0.2) is 4.79 Å². The molecule has 12 nitrogen and oxygen atoms in total. The summed E-state index contributed by atoms with van der Waals surface area (Å²) in [6.07, 6.45) is -5.23. The lowest BCUT2D eigenvalue weighted by Gasteiger charge is -2.70. The molecular weight excluding hydrogens is 598 g/mol. The van der Waals surface area contributed by atoms with E-state index in [4.69, 9.17) is 28.4 Å². The molecule has 0 amide bonds. The van der Waals surface area contributed by atoms with Crippen LogP contribution in [0, 0.1) is 34.5 Å². The molecule has 1 aliphatic heterocycles. The average Bonchev–Trinajstić information content (AvgIpc) is 3.42. The molecule has 1 aromatic rings. The summed E-state index contributed by atoms with van der Waals surface area (Å²) in [5.41, 5.74) is -4.94. The Morgan fingerprint density at radius 3 is 2.26 bits per heavy atom. The molecule has 15 atom stereocenters. The molecule has 7 rings (SSSR count). The quantitative estimate of drug-likeness (QED) is 0.323. The van der Waals surface area contributed by atoms with Crippen LogP contribution in [0.4, 0.5) is 0 Å². The fraction of sp³-hybridized carbons (Fsp3) is 0.765. The Morgan fingerprint density at radius 1 is 0.957 bits per heavy atom. The first kappa shape index (κ1) is 32.4. The number of methoxy groups -OCH3 is 4. The fourth-order valence-corrected chi connectivity index (χ4v) is 12.2. The van der Waals surface area contributed by atoms with Crippen LogP contribution in [0.3, 0.4) is 0 Å². The third-order valence-electron chi connectivity index (χ3n) is 13.2. The number of aliphatic hydroxyl groups is 3. The Balaban J connectivity index is 1.48. The molecule has 254 valence electrons. The van der Waals surface area contributed by atoms with Crippen molar-refractivity contribution in [1.82, 2.24) is 4.90 Å². The van der Waals surface area contributed by atoms with Crippen LogP contribution in [0.1, 0.15) is 37.0 Å². The largest absolute Gasteiger partial charge is 0.462 e. The number of aliphatic hydroxyl groups excluding tert-OH is 1. The van der Waals surface area contributed by atoms with Crippen molar-refractivity contribution in [3.8, 4) is 0 Å². The Morgan fingerprint density at radius 2 is 1.67 bits per heavy atom. The van der Waals surface area contributed by atoms with Crippen molar-refractivity contribution in [3.05, 3.63) is 35.9 Å². The third kappa shape index (κ3) is 3.67. The highest BCUT2D eigenvalue weighted by molar-refractivity contribution is 5.89. The number of fused-ring (bicyclic) bond motifs is 2. The summed E-state index contributed by atoms with van der Waals surface area (Å²) in [4.78, 5) is 28.5. The molecule has 1 saturated heterocycles. The molecule has 1 aromatic carbocycles. The van der Waals surface area contributed by atoms with E-state index in [1.54, 1.807) is 51.7 Å². The van der Waals surface area contributed by atoms with E-state index in [1.807, 2.05) is 6.92 Å². The molecule has 6 aliphatic rings. The van der Waals surface area contributed by atoms with Crippen LogP contribution < -0.4 is 0 Å². The lowest BCUT2D eigenvalue weighted by molar-refractivity contribution is -0.320. The van der Waals surface area contributed by atoms with E-state index in [-0.39, 0.29) is 25.0 Å². The minimum atomic E-state index is -1.89. The van der Waals surface area contributed by atoms with Crippen molar-refractivity contribution in [1.29, 1.82) is 0 Å². The van der Waals surface area contributed by atoms with Crippen molar-refractivity contribution < 1.29 is 53.3 Å². The second-order valence-corrected chi connectivity index (χ2v) is 14.4. The molecule has 5 aliphatic carbocycles. The molecule has 3 N–H and O–H groups in total. The number of carbonyl (C=O) groups excluding carboxylic acids is 2. The van der Waals surface area contributed by atoms with Gasteiger partial charge in [0, 0.05) is 83.0 Å². The maximum atomic E-state index is 13.6. The van der Waals surface area contributed by atoms with E-state index in [9.17, 15) is 24.9 Å². The number of hydrogen-bond acceptors (Lipinski definition) is 12. The van der Waals surface area contributed by atoms with Crippen LogP contribution in [0.15, 0.2) is 30.3 Å². The van der Waals surface area contributed by atoms with Crippen molar-refractivity contribution in [2.24, 2.45) is 34.5 Å². The van der Waals surface area contributed by atoms with Gasteiger partial charge in [0.1, 0.15) is 35.6 Å². The van der Waals surface area contributed by atoms with Crippen LogP contribution in [-0.4, -0.2) is 134 Å². The molecule has 15 unspecified atom stereocenters. The topological polar surface area (TPSA) is 153 Å². The molecule has 7 bridgehead atoms. The molecule has 0 radical (unpaired) electrons. The van der Waals surface area contributed by atoms with Crippen molar-refractivity contribution in [2.75, 3.05) is 48.1 Å². The molecule has 12 heteroatoms. The first-order valence-electron chi connectivity index (χ1n) is 16.3. The van der Waals surface area contributed by atoms with Gasteiger partial charge in [-0.05, 0) is 31.0 Å². The monoisotopic (exact) mass is 645 g/mol. The summed E-state index contributed by atoms with van der Waals surface area (Å²) in [7, 11) is 6.27. The number of benzene rings is 1. The third-order valence-corrected chi connectivity index (χ3v) is 13.2. The van der Waals surface area contributed by atoms with E-state index in [0.29, 0.717) is 25.1 Å². The minimum Gasteiger partial charge on any atom is -0.462 e. The van der Waals surface area contributed by atoms with Gasteiger partial charge in [-0.15, -0.1) is 0 Å². The van der Waals surface area contributed by atoms with Crippen molar-refractivity contribution >= 4 is 11.9 Å². The highest BCUT2D eigenvalue weighted by Gasteiger charge is 2.91. The summed E-state index contributed by atoms with van der Waals surface area (Å²) >= 11 is 0. The van der Waals surface area contributed by atoms with Crippen LogP contribution in [0.25, 0.3) is 0 Å². The second kappa shape index (κ2) is 10.9. The zero-order valence-corrected chi connectivity index (χ0v) is 27.3. The van der Waals surface area contributed by atoms with Gasteiger partial charge in [0.2, 0.25) is 0 Å². The van der Waals surface area contributed by atoms with Crippen LogP contribution in [0.5, 0.6) is 0 Å². The number of esters is 2. The first-order chi connectivity index (χ1) is 22.0. The van der Waals surface area contributed by atoms with Gasteiger partial charge in [-0.1, -0.05) is 25.1 Å². The Labute approximate surface area is 269 Å². The maximum absolute atomic E-state index is 13.6. The van der Waals surface area contributed by atoms with E-state index < -0.39 is 88.3 Å².